The Morgan fingerprint density at radius 3 is 2.48 bits per heavy atom. The van der Waals surface area contributed by atoms with Crippen LogP contribution in [0, 0.1) is 13.8 Å². The van der Waals surface area contributed by atoms with Crippen molar-refractivity contribution in [3.63, 3.8) is 0 Å². The van der Waals surface area contributed by atoms with E-state index < -0.39 is 0 Å². The van der Waals surface area contributed by atoms with Crippen LogP contribution in [0.3, 0.4) is 0 Å². The number of nitrogens with zero attached hydrogens (tertiary/aromatic N) is 5. The van der Waals surface area contributed by atoms with Gasteiger partial charge in [0, 0.05) is 10.4 Å². The van der Waals surface area contributed by atoms with Gasteiger partial charge in [0.25, 0.3) is 0 Å². The Kier molecular flexibility index (Phi) is 3.81. The monoisotopic (exact) mass is 352 g/mol. The van der Waals surface area contributed by atoms with Gasteiger partial charge in [0.2, 0.25) is 10.9 Å². The van der Waals surface area contributed by atoms with Crippen molar-refractivity contribution < 1.29 is 4.74 Å². The average molecular weight is 352 g/mol. The lowest BCUT2D eigenvalue weighted by Crippen LogP contribution is -1.98. The number of rotatable bonds is 4. The number of nitrogens with one attached hydrogen (secondary N) is 1. The molecule has 0 aliphatic carbocycles. The molecule has 0 amide bonds. The molecule has 1 aromatic carbocycles. The molecule has 3 aromatic heterocycles. The summed E-state index contributed by atoms with van der Waals surface area (Å²) in [6.07, 6.45) is 0. The van der Waals surface area contributed by atoms with Gasteiger partial charge in [-0.1, -0.05) is 11.3 Å². The van der Waals surface area contributed by atoms with E-state index >= 15 is 0 Å². The van der Waals surface area contributed by atoms with Gasteiger partial charge in [-0.3, -0.25) is 0 Å². The molecule has 0 bridgehead atoms. The van der Waals surface area contributed by atoms with E-state index in [1.807, 2.05) is 47.8 Å². The SMILES string of the molecule is COc1ccc(-c2ccc(Nc3nc4sc(C)c(C)n4n3)nn2)cc1. The molecule has 3 heterocycles. The summed E-state index contributed by atoms with van der Waals surface area (Å²) in [6.45, 7) is 4.09. The van der Waals surface area contributed by atoms with E-state index in [4.69, 9.17) is 4.74 Å². The third-order valence-corrected chi connectivity index (χ3v) is 4.99. The van der Waals surface area contributed by atoms with Crippen LogP contribution in [0.1, 0.15) is 10.6 Å². The van der Waals surface area contributed by atoms with Crippen molar-refractivity contribution in [3.8, 4) is 17.0 Å². The number of aromatic nitrogens is 5. The van der Waals surface area contributed by atoms with Crippen LogP contribution in [-0.4, -0.2) is 31.9 Å². The summed E-state index contributed by atoms with van der Waals surface area (Å²) in [5.41, 5.74) is 2.87. The smallest absolute Gasteiger partial charge is 0.249 e. The maximum absolute atomic E-state index is 5.16. The van der Waals surface area contributed by atoms with E-state index in [2.05, 4.69) is 32.5 Å². The van der Waals surface area contributed by atoms with Crippen molar-refractivity contribution in [1.82, 2.24) is 24.8 Å². The van der Waals surface area contributed by atoms with E-state index in [0.29, 0.717) is 11.8 Å². The topological polar surface area (TPSA) is 77.2 Å². The van der Waals surface area contributed by atoms with Gasteiger partial charge in [-0.15, -0.1) is 15.3 Å². The second-order valence-electron chi connectivity index (χ2n) is 5.53. The van der Waals surface area contributed by atoms with Crippen molar-refractivity contribution >= 4 is 28.1 Å². The highest BCUT2D eigenvalue weighted by molar-refractivity contribution is 7.17. The predicted octanol–water partition coefficient (Wildman–Crippen LogP) is 3.62. The van der Waals surface area contributed by atoms with E-state index in [1.54, 1.807) is 18.4 Å². The molecule has 25 heavy (non-hydrogen) atoms. The Morgan fingerprint density at radius 1 is 1.04 bits per heavy atom. The third-order valence-electron chi connectivity index (χ3n) is 3.94. The Balaban J connectivity index is 1.54. The fraction of sp³-hybridized carbons (Fsp3) is 0.176. The normalized spacial score (nSPS) is 11.0. The summed E-state index contributed by atoms with van der Waals surface area (Å²) in [5, 5.41) is 16.0. The molecule has 126 valence electrons. The summed E-state index contributed by atoms with van der Waals surface area (Å²) in [5.74, 6) is 1.93. The van der Waals surface area contributed by atoms with Crippen LogP contribution in [0.4, 0.5) is 11.8 Å². The molecule has 0 radical (unpaired) electrons. The van der Waals surface area contributed by atoms with Crippen LogP contribution in [-0.2, 0) is 0 Å². The van der Waals surface area contributed by atoms with Crippen LogP contribution in [0.2, 0.25) is 0 Å². The first-order valence-corrected chi connectivity index (χ1v) is 8.53. The number of anilines is 2. The minimum absolute atomic E-state index is 0.515. The molecule has 4 aromatic rings. The molecular formula is C17H16N6OS. The highest BCUT2D eigenvalue weighted by Gasteiger charge is 2.11. The zero-order valence-electron chi connectivity index (χ0n) is 14.0. The number of methoxy groups -OCH3 is 1. The van der Waals surface area contributed by atoms with Gasteiger partial charge in [0.1, 0.15) is 5.75 Å². The first kappa shape index (κ1) is 15.5. The van der Waals surface area contributed by atoms with Crippen LogP contribution in [0.25, 0.3) is 16.2 Å². The van der Waals surface area contributed by atoms with E-state index in [0.717, 1.165) is 27.7 Å². The highest BCUT2D eigenvalue weighted by Crippen LogP contribution is 2.23. The number of hydrogen-bond donors (Lipinski definition) is 1. The van der Waals surface area contributed by atoms with Gasteiger partial charge in [-0.05, 0) is 50.2 Å². The molecule has 1 N–H and O–H groups in total. The van der Waals surface area contributed by atoms with E-state index in [-0.39, 0.29) is 0 Å². The van der Waals surface area contributed by atoms with Crippen LogP contribution >= 0.6 is 11.3 Å². The average Bonchev–Trinajstić information content (AvgIpc) is 3.14. The molecule has 0 saturated carbocycles. The van der Waals surface area contributed by atoms with E-state index in [1.165, 1.54) is 4.88 Å². The Bertz CT molecular complexity index is 1020. The second kappa shape index (κ2) is 6.14. The standard InChI is InChI=1S/C17H16N6OS/c1-10-11(2)25-17-19-16(22-23(10)17)18-15-9-8-14(20-21-15)12-4-6-13(24-3)7-5-12/h4-9H,1-3H3,(H,18,21,22). The van der Waals surface area contributed by atoms with Crippen molar-refractivity contribution in [3.05, 3.63) is 47.0 Å². The first-order valence-electron chi connectivity index (χ1n) is 7.72. The Hall–Kier alpha value is -3.00. The Morgan fingerprint density at radius 2 is 1.84 bits per heavy atom. The van der Waals surface area contributed by atoms with Gasteiger partial charge in [-0.25, -0.2) is 4.52 Å². The van der Waals surface area contributed by atoms with Crippen molar-refractivity contribution in [2.24, 2.45) is 0 Å². The minimum atomic E-state index is 0.515. The minimum Gasteiger partial charge on any atom is -0.497 e. The zero-order chi connectivity index (χ0) is 17.4. The van der Waals surface area contributed by atoms with Crippen molar-refractivity contribution in [2.45, 2.75) is 13.8 Å². The van der Waals surface area contributed by atoms with Crippen LogP contribution in [0.5, 0.6) is 5.75 Å². The lowest BCUT2D eigenvalue weighted by Gasteiger charge is -2.04. The fourth-order valence-corrected chi connectivity index (χ4v) is 3.33. The van der Waals surface area contributed by atoms with Gasteiger partial charge in [0.15, 0.2) is 5.82 Å². The predicted molar refractivity (Wildman–Crippen MR) is 97.6 cm³/mol. The molecule has 0 aliphatic heterocycles. The lowest BCUT2D eigenvalue weighted by molar-refractivity contribution is 0.415. The van der Waals surface area contributed by atoms with Crippen molar-refractivity contribution in [1.29, 1.82) is 0 Å². The second-order valence-corrected chi connectivity index (χ2v) is 6.71. The number of benzene rings is 1. The van der Waals surface area contributed by atoms with Crippen molar-refractivity contribution in [2.75, 3.05) is 12.4 Å². The fourth-order valence-electron chi connectivity index (χ4n) is 2.42. The molecule has 0 fully saturated rings. The number of aryl methyl sites for hydroxylation is 2. The quantitative estimate of drug-likeness (QED) is 0.604. The number of fused-ring (bicyclic) bond motifs is 1. The molecule has 7 nitrogen and oxygen atoms in total. The summed E-state index contributed by atoms with van der Waals surface area (Å²) >= 11 is 1.62. The number of ether oxygens (including phenoxy) is 1. The third kappa shape index (κ3) is 2.91. The Labute approximate surface area is 148 Å². The highest BCUT2D eigenvalue weighted by atomic mass is 32.1. The van der Waals surface area contributed by atoms with E-state index in [9.17, 15) is 0 Å². The molecule has 0 aliphatic rings. The zero-order valence-corrected chi connectivity index (χ0v) is 14.8. The summed E-state index contributed by atoms with van der Waals surface area (Å²) in [4.78, 5) is 6.54. The van der Waals surface area contributed by atoms with Crippen LogP contribution < -0.4 is 10.1 Å². The summed E-state index contributed by atoms with van der Waals surface area (Å²) in [6, 6.07) is 11.5. The summed E-state index contributed by atoms with van der Waals surface area (Å²) < 4.78 is 7.00. The van der Waals surface area contributed by atoms with Crippen LogP contribution in [0.15, 0.2) is 36.4 Å². The molecule has 0 saturated heterocycles. The van der Waals surface area contributed by atoms with Gasteiger partial charge < -0.3 is 10.1 Å². The maximum Gasteiger partial charge on any atom is 0.249 e. The van der Waals surface area contributed by atoms with Gasteiger partial charge in [-0.2, -0.15) is 4.98 Å². The van der Waals surface area contributed by atoms with Gasteiger partial charge >= 0.3 is 0 Å². The van der Waals surface area contributed by atoms with Gasteiger partial charge in [0.05, 0.1) is 18.5 Å². The maximum atomic E-state index is 5.16. The largest absolute Gasteiger partial charge is 0.497 e. The molecule has 8 heteroatoms. The molecule has 0 spiro atoms. The first-order chi connectivity index (χ1) is 12.1. The molecular weight excluding hydrogens is 336 g/mol. The lowest BCUT2D eigenvalue weighted by atomic mass is 10.1. The summed E-state index contributed by atoms with van der Waals surface area (Å²) in [7, 11) is 1.65. The molecule has 4 rings (SSSR count). The molecule has 0 atom stereocenters. The molecule has 0 unspecified atom stereocenters. The number of thiazole rings is 1. The number of hydrogen-bond acceptors (Lipinski definition) is 7.